The van der Waals surface area contributed by atoms with E-state index in [0.717, 1.165) is 5.56 Å². The molecule has 1 aromatic rings. The smallest absolute Gasteiger partial charge is 0.328 e. The van der Waals surface area contributed by atoms with Gasteiger partial charge in [-0.2, -0.15) is 0 Å². The highest BCUT2D eigenvalue weighted by atomic mass is 16.5. The summed E-state index contributed by atoms with van der Waals surface area (Å²) in [4.78, 5) is 23.2. The lowest BCUT2D eigenvalue weighted by Gasteiger charge is -2.16. The Kier molecular flexibility index (Phi) is 6.52. The van der Waals surface area contributed by atoms with Gasteiger partial charge >= 0.3 is 5.97 Å². The Balaban J connectivity index is 2.78. The number of esters is 1. The molecular formula is C14H19NO5. The van der Waals surface area contributed by atoms with Crippen LogP contribution in [0, 0.1) is 0 Å². The lowest BCUT2D eigenvalue weighted by Crippen LogP contribution is -2.44. The first-order chi connectivity index (χ1) is 9.60. The third-order valence-electron chi connectivity index (χ3n) is 2.67. The molecule has 0 fully saturated rings. The highest BCUT2D eigenvalue weighted by Crippen LogP contribution is 2.14. The standard InChI is InChI=1S/C14H19NO5/c1-18-9-13(16)15-12(14(17)20-3)8-10-5-4-6-11(7-10)19-2/h4-7,12H,8-9H2,1-3H3,(H,15,16)/t12-/m0/s1. The number of rotatable bonds is 7. The molecule has 20 heavy (non-hydrogen) atoms. The predicted octanol–water partition coefficient (Wildman–Crippen LogP) is 0.542. The van der Waals surface area contributed by atoms with Crippen LogP contribution in [0.5, 0.6) is 5.75 Å². The van der Waals surface area contributed by atoms with Crippen LogP contribution < -0.4 is 10.1 Å². The maximum atomic E-state index is 11.7. The molecule has 0 spiro atoms. The number of carbonyl (C=O) groups excluding carboxylic acids is 2. The monoisotopic (exact) mass is 281 g/mol. The predicted molar refractivity (Wildman–Crippen MR) is 72.5 cm³/mol. The van der Waals surface area contributed by atoms with E-state index in [-0.39, 0.29) is 12.5 Å². The minimum Gasteiger partial charge on any atom is -0.497 e. The van der Waals surface area contributed by atoms with E-state index in [0.29, 0.717) is 12.2 Å². The van der Waals surface area contributed by atoms with Gasteiger partial charge in [0.15, 0.2) is 0 Å². The van der Waals surface area contributed by atoms with Gasteiger partial charge in [0.25, 0.3) is 0 Å². The second-order valence-electron chi connectivity index (χ2n) is 4.13. The summed E-state index contributed by atoms with van der Waals surface area (Å²) in [6.07, 6.45) is 0.319. The number of methoxy groups -OCH3 is 3. The molecule has 0 aliphatic heterocycles. The lowest BCUT2D eigenvalue weighted by atomic mass is 10.1. The molecular weight excluding hydrogens is 262 g/mol. The Morgan fingerprint density at radius 1 is 1.25 bits per heavy atom. The third kappa shape index (κ3) is 4.89. The van der Waals surface area contributed by atoms with Crippen LogP contribution in [0.3, 0.4) is 0 Å². The molecule has 6 nitrogen and oxygen atoms in total. The minimum absolute atomic E-state index is 0.106. The van der Waals surface area contributed by atoms with Crippen LogP contribution in [0.4, 0.5) is 0 Å². The molecule has 0 aliphatic rings. The zero-order chi connectivity index (χ0) is 15.0. The zero-order valence-electron chi connectivity index (χ0n) is 11.8. The summed E-state index contributed by atoms with van der Waals surface area (Å²) in [6, 6.07) is 6.52. The van der Waals surface area contributed by atoms with E-state index in [4.69, 9.17) is 14.2 Å². The molecule has 1 amide bonds. The van der Waals surface area contributed by atoms with Crippen LogP contribution in [-0.2, 0) is 25.5 Å². The van der Waals surface area contributed by atoms with Crippen molar-refractivity contribution >= 4 is 11.9 Å². The van der Waals surface area contributed by atoms with Crippen molar-refractivity contribution in [3.8, 4) is 5.75 Å². The fourth-order valence-electron chi connectivity index (χ4n) is 1.74. The van der Waals surface area contributed by atoms with Crippen molar-refractivity contribution in [2.24, 2.45) is 0 Å². The number of hydrogen-bond donors (Lipinski definition) is 1. The molecule has 1 N–H and O–H groups in total. The van der Waals surface area contributed by atoms with Crippen molar-refractivity contribution in [2.45, 2.75) is 12.5 Å². The Labute approximate surface area is 118 Å². The van der Waals surface area contributed by atoms with Crippen LogP contribution >= 0.6 is 0 Å². The first-order valence-electron chi connectivity index (χ1n) is 6.09. The highest BCUT2D eigenvalue weighted by molar-refractivity contribution is 5.85. The van der Waals surface area contributed by atoms with Crippen molar-refractivity contribution in [3.05, 3.63) is 29.8 Å². The van der Waals surface area contributed by atoms with Crippen LogP contribution in [0.2, 0.25) is 0 Å². The van der Waals surface area contributed by atoms with E-state index in [2.05, 4.69) is 5.32 Å². The van der Waals surface area contributed by atoms with E-state index >= 15 is 0 Å². The molecule has 1 atom stereocenters. The van der Waals surface area contributed by atoms with Crippen molar-refractivity contribution in [2.75, 3.05) is 27.9 Å². The average molecular weight is 281 g/mol. The summed E-state index contributed by atoms with van der Waals surface area (Å²) >= 11 is 0. The van der Waals surface area contributed by atoms with E-state index in [9.17, 15) is 9.59 Å². The molecule has 0 radical (unpaired) electrons. The topological polar surface area (TPSA) is 73.9 Å². The van der Waals surface area contributed by atoms with Gasteiger partial charge in [0.1, 0.15) is 18.4 Å². The number of nitrogens with one attached hydrogen (secondary N) is 1. The molecule has 0 aromatic heterocycles. The maximum absolute atomic E-state index is 11.7. The Morgan fingerprint density at radius 3 is 2.60 bits per heavy atom. The van der Waals surface area contributed by atoms with Crippen LogP contribution in [0.1, 0.15) is 5.56 Å². The van der Waals surface area contributed by atoms with Gasteiger partial charge in [0.2, 0.25) is 5.91 Å². The maximum Gasteiger partial charge on any atom is 0.328 e. The van der Waals surface area contributed by atoms with Crippen molar-refractivity contribution in [1.82, 2.24) is 5.32 Å². The first kappa shape index (κ1) is 16.0. The van der Waals surface area contributed by atoms with Gasteiger partial charge in [0, 0.05) is 13.5 Å². The summed E-state index contributed by atoms with van der Waals surface area (Å²) in [5.41, 5.74) is 0.859. The lowest BCUT2D eigenvalue weighted by molar-refractivity contribution is -0.145. The molecule has 1 rings (SSSR count). The summed E-state index contributed by atoms with van der Waals surface area (Å²) in [6.45, 7) is -0.106. The number of amides is 1. The molecule has 0 heterocycles. The number of carbonyl (C=O) groups is 2. The van der Waals surface area contributed by atoms with Crippen molar-refractivity contribution in [3.63, 3.8) is 0 Å². The fourth-order valence-corrected chi connectivity index (χ4v) is 1.74. The van der Waals surface area contributed by atoms with Gasteiger partial charge in [-0.3, -0.25) is 4.79 Å². The number of ether oxygens (including phenoxy) is 3. The van der Waals surface area contributed by atoms with Crippen LogP contribution in [0.15, 0.2) is 24.3 Å². The normalized spacial score (nSPS) is 11.6. The molecule has 110 valence electrons. The summed E-state index contributed by atoms with van der Waals surface area (Å²) in [5.74, 6) is -0.183. The highest BCUT2D eigenvalue weighted by Gasteiger charge is 2.21. The van der Waals surface area contributed by atoms with E-state index in [1.807, 2.05) is 12.1 Å². The quantitative estimate of drug-likeness (QED) is 0.738. The molecule has 6 heteroatoms. The van der Waals surface area contributed by atoms with E-state index < -0.39 is 12.0 Å². The SMILES string of the molecule is COCC(=O)N[C@@H](Cc1cccc(OC)c1)C(=O)OC. The van der Waals surface area contributed by atoms with Gasteiger partial charge in [-0.1, -0.05) is 12.1 Å². The van der Waals surface area contributed by atoms with E-state index in [1.165, 1.54) is 14.2 Å². The first-order valence-corrected chi connectivity index (χ1v) is 6.09. The second kappa shape index (κ2) is 8.16. The number of hydrogen-bond acceptors (Lipinski definition) is 5. The molecule has 0 saturated heterocycles. The minimum atomic E-state index is -0.755. The second-order valence-corrected chi connectivity index (χ2v) is 4.13. The molecule has 1 aromatic carbocycles. The summed E-state index contributed by atoms with van der Waals surface area (Å²) < 4.78 is 14.5. The summed E-state index contributed by atoms with van der Waals surface area (Å²) in [5, 5.41) is 2.58. The van der Waals surface area contributed by atoms with E-state index in [1.54, 1.807) is 19.2 Å². The molecule has 0 aliphatic carbocycles. The van der Waals surface area contributed by atoms with Gasteiger partial charge in [-0.15, -0.1) is 0 Å². The number of benzene rings is 1. The molecule has 0 unspecified atom stereocenters. The third-order valence-corrected chi connectivity index (χ3v) is 2.67. The van der Waals surface area contributed by atoms with Gasteiger partial charge in [0.05, 0.1) is 14.2 Å². The zero-order valence-corrected chi connectivity index (χ0v) is 11.8. The fraction of sp³-hybridized carbons (Fsp3) is 0.429. The van der Waals surface area contributed by atoms with Crippen molar-refractivity contribution in [1.29, 1.82) is 0 Å². The van der Waals surface area contributed by atoms with Gasteiger partial charge < -0.3 is 19.5 Å². The average Bonchev–Trinajstić information content (AvgIpc) is 2.46. The largest absolute Gasteiger partial charge is 0.497 e. The Hall–Kier alpha value is -2.08. The van der Waals surface area contributed by atoms with Crippen LogP contribution in [-0.4, -0.2) is 45.9 Å². The summed E-state index contributed by atoms with van der Waals surface area (Å²) in [7, 11) is 4.26. The van der Waals surface area contributed by atoms with Crippen molar-refractivity contribution < 1.29 is 23.8 Å². The van der Waals surface area contributed by atoms with Gasteiger partial charge in [-0.05, 0) is 17.7 Å². The van der Waals surface area contributed by atoms with Gasteiger partial charge in [-0.25, -0.2) is 4.79 Å². The van der Waals surface area contributed by atoms with Crippen LogP contribution in [0.25, 0.3) is 0 Å². The Bertz CT molecular complexity index is 461. The molecule has 0 bridgehead atoms. The molecule has 0 saturated carbocycles. The Morgan fingerprint density at radius 2 is 2.00 bits per heavy atom.